The molecular formula is C17H19ClN2O6. The third kappa shape index (κ3) is 4.74. The van der Waals surface area contributed by atoms with E-state index in [-0.39, 0.29) is 18.6 Å². The number of benzene rings is 1. The van der Waals surface area contributed by atoms with Gasteiger partial charge < -0.3 is 25.7 Å². The number of primary amides is 1. The van der Waals surface area contributed by atoms with E-state index in [9.17, 15) is 14.4 Å². The first kappa shape index (κ1) is 19.7. The average Bonchev–Trinajstić information content (AvgIpc) is 2.98. The molecule has 0 bridgehead atoms. The molecule has 0 spiro atoms. The average molecular weight is 383 g/mol. The summed E-state index contributed by atoms with van der Waals surface area (Å²) in [4.78, 5) is 34.8. The lowest BCUT2D eigenvalue weighted by atomic mass is 10.0. The van der Waals surface area contributed by atoms with E-state index in [4.69, 9.17) is 37.3 Å². The molecular weight excluding hydrogens is 364 g/mol. The topological polar surface area (TPSA) is 131 Å². The summed E-state index contributed by atoms with van der Waals surface area (Å²) in [6.07, 6.45) is -0.932. The molecule has 0 saturated heterocycles. The van der Waals surface area contributed by atoms with Crippen molar-refractivity contribution in [2.24, 2.45) is 11.5 Å². The van der Waals surface area contributed by atoms with Gasteiger partial charge in [0.1, 0.15) is 11.8 Å². The zero-order valence-electron chi connectivity index (χ0n) is 14.0. The molecule has 0 radical (unpaired) electrons. The van der Waals surface area contributed by atoms with E-state index in [2.05, 4.69) is 0 Å². The minimum Gasteiger partial charge on any atom is -0.497 e. The number of esters is 2. The normalized spacial score (nSPS) is 18.5. The van der Waals surface area contributed by atoms with Crippen molar-refractivity contribution in [3.63, 3.8) is 0 Å². The Labute approximate surface area is 155 Å². The van der Waals surface area contributed by atoms with E-state index in [1.165, 1.54) is 7.11 Å². The summed E-state index contributed by atoms with van der Waals surface area (Å²) in [5, 5.41) is 0.314. The number of halogens is 1. The highest BCUT2D eigenvalue weighted by Crippen LogP contribution is 2.35. The van der Waals surface area contributed by atoms with Crippen LogP contribution in [0.1, 0.15) is 24.5 Å². The van der Waals surface area contributed by atoms with Gasteiger partial charge in [0.2, 0.25) is 5.91 Å². The second-order valence-electron chi connectivity index (χ2n) is 5.60. The molecule has 2 unspecified atom stereocenters. The van der Waals surface area contributed by atoms with Crippen molar-refractivity contribution < 1.29 is 28.6 Å². The first-order chi connectivity index (χ1) is 12.3. The highest BCUT2D eigenvalue weighted by molar-refractivity contribution is 6.31. The van der Waals surface area contributed by atoms with Crippen LogP contribution in [0.15, 0.2) is 36.1 Å². The smallest absolute Gasteiger partial charge is 0.335 e. The van der Waals surface area contributed by atoms with Crippen molar-refractivity contribution >= 4 is 29.4 Å². The Balaban J connectivity index is 2.26. The Kier molecular flexibility index (Phi) is 6.59. The van der Waals surface area contributed by atoms with Gasteiger partial charge in [0, 0.05) is 17.0 Å². The van der Waals surface area contributed by atoms with Crippen molar-refractivity contribution in [2.75, 3.05) is 7.11 Å². The number of rotatable bonds is 8. The summed E-state index contributed by atoms with van der Waals surface area (Å²) in [6, 6.07) is 5.57. The first-order valence-corrected chi connectivity index (χ1v) is 8.16. The number of nitrogens with two attached hydrogens (primary N) is 2. The molecule has 1 amide bonds. The minimum absolute atomic E-state index is 0.0286. The SMILES string of the molecule is COC1=CC(=O)OC1C(OC(=O)[C@@H](N)CCC(N)=O)c1ccccc1Cl. The predicted octanol–water partition coefficient (Wildman–Crippen LogP) is 0.973. The Morgan fingerprint density at radius 1 is 1.35 bits per heavy atom. The summed E-state index contributed by atoms with van der Waals surface area (Å²) in [5.74, 6) is -1.80. The molecule has 1 aliphatic rings. The zero-order chi connectivity index (χ0) is 19.3. The molecule has 4 N–H and O–H groups in total. The molecule has 1 aromatic carbocycles. The van der Waals surface area contributed by atoms with Crippen LogP contribution in [-0.4, -0.2) is 37.1 Å². The Bertz CT molecular complexity index is 736. The summed E-state index contributed by atoms with van der Waals surface area (Å²) in [6.45, 7) is 0. The van der Waals surface area contributed by atoms with Crippen LogP contribution in [0, 0.1) is 0 Å². The summed E-state index contributed by atoms with van der Waals surface area (Å²) in [5.41, 5.74) is 11.2. The van der Waals surface area contributed by atoms with E-state index in [1.54, 1.807) is 24.3 Å². The van der Waals surface area contributed by atoms with Crippen LogP contribution >= 0.6 is 11.6 Å². The molecule has 8 nitrogen and oxygen atoms in total. The summed E-state index contributed by atoms with van der Waals surface area (Å²) < 4.78 is 15.8. The highest BCUT2D eigenvalue weighted by Gasteiger charge is 2.40. The van der Waals surface area contributed by atoms with E-state index in [1.807, 2.05) is 0 Å². The van der Waals surface area contributed by atoms with Crippen molar-refractivity contribution in [1.82, 2.24) is 0 Å². The molecule has 1 heterocycles. The zero-order valence-corrected chi connectivity index (χ0v) is 14.8. The number of hydrogen-bond donors (Lipinski definition) is 2. The van der Waals surface area contributed by atoms with Gasteiger partial charge in [-0.3, -0.25) is 9.59 Å². The van der Waals surface area contributed by atoms with Crippen molar-refractivity contribution in [2.45, 2.75) is 31.1 Å². The van der Waals surface area contributed by atoms with E-state index in [0.717, 1.165) is 6.08 Å². The van der Waals surface area contributed by atoms with Crippen LogP contribution in [0.4, 0.5) is 0 Å². The third-order valence-corrected chi connectivity index (χ3v) is 4.10. The van der Waals surface area contributed by atoms with Gasteiger partial charge in [-0.25, -0.2) is 4.79 Å². The summed E-state index contributed by atoms with van der Waals surface area (Å²) >= 11 is 6.21. The van der Waals surface area contributed by atoms with Gasteiger partial charge in [-0.15, -0.1) is 0 Å². The van der Waals surface area contributed by atoms with Gasteiger partial charge in [0.15, 0.2) is 12.2 Å². The Morgan fingerprint density at radius 3 is 2.65 bits per heavy atom. The molecule has 1 aromatic rings. The molecule has 0 aliphatic carbocycles. The highest BCUT2D eigenvalue weighted by atomic mass is 35.5. The number of amides is 1. The van der Waals surface area contributed by atoms with Crippen LogP contribution in [0.3, 0.4) is 0 Å². The van der Waals surface area contributed by atoms with Gasteiger partial charge in [-0.1, -0.05) is 29.8 Å². The summed E-state index contributed by atoms with van der Waals surface area (Å²) in [7, 11) is 1.37. The number of carbonyl (C=O) groups excluding carboxylic acids is 3. The fourth-order valence-corrected chi connectivity index (χ4v) is 2.67. The number of methoxy groups -OCH3 is 1. The van der Waals surface area contributed by atoms with E-state index in [0.29, 0.717) is 10.6 Å². The monoisotopic (exact) mass is 382 g/mol. The molecule has 0 aromatic heterocycles. The number of ether oxygens (including phenoxy) is 3. The van der Waals surface area contributed by atoms with Gasteiger partial charge in [-0.2, -0.15) is 0 Å². The third-order valence-electron chi connectivity index (χ3n) is 3.75. The van der Waals surface area contributed by atoms with Gasteiger partial charge >= 0.3 is 11.9 Å². The molecule has 0 saturated carbocycles. The van der Waals surface area contributed by atoms with Gasteiger partial charge in [0.05, 0.1) is 13.2 Å². The van der Waals surface area contributed by atoms with Crippen LogP contribution in [0.25, 0.3) is 0 Å². The van der Waals surface area contributed by atoms with Crippen LogP contribution in [0.5, 0.6) is 0 Å². The lowest BCUT2D eigenvalue weighted by Crippen LogP contribution is -2.37. The standard InChI is InChI=1S/C17H19ClN2O6/c1-24-12-8-14(22)25-16(12)15(9-4-2-3-5-10(9)18)26-17(23)11(19)6-7-13(20)21/h2-5,8,11,15-16H,6-7,19H2,1H3,(H2,20,21)/t11-,15?,16?/m0/s1. The molecule has 26 heavy (non-hydrogen) atoms. The van der Waals surface area contributed by atoms with Crippen LogP contribution in [0.2, 0.25) is 5.02 Å². The lowest BCUT2D eigenvalue weighted by molar-refractivity contribution is -0.164. The fraction of sp³-hybridized carbons (Fsp3) is 0.353. The van der Waals surface area contributed by atoms with Crippen molar-refractivity contribution in [1.29, 1.82) is 0 Å². The largest absolute Gasteiger partial charge is 0.497 e. The van der Waals surface area contributed by atoms with E-state index >= 15 is 0 Å². The van der Waals surface area contributed by atoms with Crippen molar-refractivity contribution in [3.05, 3.63) is 46.7 Å². The maximum absolute atomic E-state index is 12.3. The van der Waals surface area contributed by atoms with Gasteiger partial charge in [0.25, 0.3) is 0 Å². The molecule has 2 rings (SSSR count). The second-order valence-corrected chi connectivity index (χ2v) is 6.01. The van der Waals surface area contributed by atoms with Gasteiger partial charge in [-0.05, 0) is 12.5 Å². The molecule has 3 atom stereocenters. The lowest BCUT2D eigenvalue weighted by Gasteiger charge is -2.26. The number of hydrogen-bond acceptors (Lipinski definition) is 7. The maximum atomic E-state index is 12.3. The molecule has 140 valence electrons. The predicted molar refractivity (Wildman–Crippen MR) is 91.7 cm³/mol. The number of cyclic esters (lactones) is 1. The molecule has 0 fully saturated rings. The first-order valence-electron chi connectivity index (χ1n) is 7.78. The number of carbonyl (C=O) groups is 3. The van der Waals surface area contributed by atoms with Crippen LogP contribution in [-0.2, 0) is 28.6 Å². The minimum atomic E-state index is -1.07. The molecule has 1 aliphatic heterocycles. The van der Waals surface area contributed by atoms with Crippen molar-refractivity contribution in [3.8, 4) is 0 Å². The Morgan fingerprint density at radius 2 is 2.04 bits per heavy atom. The van der Waals surface area contributed by atoms with E-state index < -0.39 is 36.1 Å². The molecule has 9 heteroatoms. The Hall–Kier alpha value is -2.58. The quantitative estimate of drug-likeness (QED) is 0.640. The maximum Gasteiger partial charge on any atom is 0.335 e. The van der Waals surface area contributed by atoms with Crippen LogP contribution < -0.4 is 11.5 Å². The second kappa shape index (κ2) is 8.68. The fourth-order valence-electron chi connectivity index (χ4n) is 2.42.